The molecule has 0 unspecified atom stereocenters. The lowest BCUT2D eigenvalue weighted by atomic mass is 10.0. The lowest BCUT2D eigenvalue weighted by Crippen LogP contribution is -2.40. The summed E-state index contributed by atoms with van der Waals surface area (Å²) in [7, 11) is -7.74. The molecule has 18 heteroatoms. The summed E-state index contributed by atoms with van der Waals surface area (Å²) in [6, 6.07) is 39.4. The first-order valence-electron chi connectivity index (χ1n) is 21.5. The van der Waals surface area contributed by atoms with Gasteiger partial charge in [0.1, 0.15) is 11.4 Å². The number of carbonyl (C=O) groups excluding carboxylic acids is 2. The van der Waals surface area contributed by atoms with Gasteiger partial charge in [-0.15, -0.1) is 0 Å². The second-order valence-electron chi connectivity index (χ2n) is 17.6. The zero-order chi connectivity index (χ0) is 48.1. The molecule has 0 bridgehead atoms. The monoisotopic (exact) mass is 946 g/mol. The van der Waals surface area contributed by atoms with E-state index < -0.39 is 25.6 Å². The minimum absolute atomic E-state index is 0.00131. The highest BCUT2D eigenvalue weighted by molar-refractivity contribution is 7.89. The van der Waals surface area contributed by atoms with Crippen molar-refractivity contribution in [3.8, 4) is 22.3 Å². The number of anilines is 2. The fraction of sp³-hybridized carbons (Fsp3) is 0.160. The van der Waals surface area contributed by atoms with Crippen LogP contribution >= 0.6 is 0 Å². The molecule has 7 N–H and O–H groups in total. The Bertz CT molecular complexity index is 3530. The number of carbonyl (C=O) groups is 2. The molecule has 0 spiro atoms. The van der Waals surface area contributed by atoms with Gasteiger partial charge in [-0.25, -0.2) is 46.6 Å². The number of hydrogen-bond acceptors (Lipinski definition) is 12. The van der Waals surface area contributed by atoms with Crippen molar-refractivity contribution in [1.82, 2.24) is 34.5 Å². The van der Waals surface area contributed by atoms with Crippen molar-refractivity contribution in [3.05, 3.63) is 167 Å². The number of aromatic nitrogens is 4. The van der Waals surface area contributed by atoms with Crippen molar-refractivity contribution in [2.24, 2.45) is 5.14 Å². The smallest absolute Gasteiger partial charge is 0.273 e. The van der Waals surface area contributed by atoms with E-state index >= 15 is 0 Å². The zero-order valence-electron chi connectivity index (χ0n) is 37.2. The van der Waals surface area contributed by atoms with Gasteiger partial charge in [0.25, 0.3) is 11.8 Å². The summed E-state index contributed by atoms with van der Waals surface area (Å²) in [5.74, 6) is -0.516. The van der Waals surface area contributed by atoms with Crippen LogP contribution < -0.4 is 21.3 Å². The molecule has 0 radical (unpaired) electrons. The number of nitrogens with one attached hydrogen (secondary N) is 1. The molecule has 4 heterocycles. The molecule has 0 saturated carbocycles. The Morgan fingerprint density at radius 1 is 0.529 bits per heavy atom. The van der Waals surface area contributed by atoms with E-state index in [9.17, 15) is 26.4 Å². The summed E-state index contributed by atoms with van der Waals surface area (Å²) in [5.41, 5.74) is 19.1. The summed E-state index contributed by atoms with van der Waals surface area (Å²) in [6.45, 7) is 7.31. The Kier molecular flexibility index (Phi) is 11.7. The third-order valence-electron chi connectivity index (χ3n) is 11.5. The first kappa shape index (κ1) is 45.5. The van der Waals surface area contributed by atoms with Crippen molar-refractivity contribution >= 4 is 65.6 Å². The first-order chi connectivity index (χ1) is 32.3. The number of nitrogen functional groups attached to an aromatic ring is 2. The van der Waals surface area contributed by atoms with Gasteiger partial charge >= 0.3 is 0 Å². The molecule has 2 amide bonds. The number of benzene rings is 6. The summed E-state index contributed by atoms with van der Waals surface area (Å²) in [5, 5.41) is 6.40. The number of sulfonamides is 2. The summed E-state index contributed by atoms with van der Waals surface area (Å²) in [4.78, 5) is 47.7. The molecule has 8 aromatic rings. The number of amides is 2. The van der Waals surface area contributed by atoms with E-state index in [1.54, 1.807) is 109 Å². The van der Waals surface area contributed by atoms with Crippen molar-refractivity contribution in [2.45, 2.75) is 62.3 Å². The van der Waals surface area contributed by atoms with Gasteiger partial charge in [0.15, 0.2) is 0 Å². The van der Waals surface area contributed by atoms with Crippen LogP contribution in [0.4, 0.5) is 11.9 Å². The molecule has 10 rings (SSSR count). The second kappa shape index (κ2) is 17.5. The first-order valence-corrected chi connectivity index (χ1v) is 24.5. The topological polar surface area (TPSA) is 251 Å². The molecule has 68 heavy (non-hydrogen) atoms. The van der Waals surface area contributed by atoms with E-state index in [1.807, 2.05) is 48.5 Å². The maximum Gasteiger partial charge on any atom is 0.273 e. The van der Waals surface area contributed by atoms with E-state index in [0.717, 1.165) is 22.3 Å². The maximum atomic E-state index is 13.6. The summed E-state index contributed by atoms with van der Waals surface area (Å²) >= 11 is 0. The molecule has 2 aromatic heterocycles. The van der Waals surface area contributed by atoms with Gasteiger partial charge in [0.2, 0.25) is 31.9 Å². The number of primary sulfonamides is 1. The highest BCUT2D eigenvalue weighted by Crippen LogP contribution is 2.34. The van der Waals surface area contributed by atoms with Crippen LogP contribution in [0.1, 0.15) is 64.0 Å². The zero-order valence-corrected chi connectivity index (χ0v) is 38.8. The Labute approximate surface area is 393 Å². The average Bonchev–Trinajstić information content (AvgIpc) is 3.95. The molecule has 6 aromatic carbocycles. The Balaban J connectivity index is 0.000000171. The number of nitrogens with two attached hydrogens (primary N) is 3. The maximum absolute atomic E-state index is 13.6. The predicted molar refractivity (Wildman–Crippen MR) is 260 cm³/mol. The van der Waals surface area contributed by atoms with E-state index in [4.69, 9.17) is 16.6 Å². The number of rotatable bonds is 7. The van der Waals surface area contributed by atoms with Crippen molar-refractivity contribution < 1.29 is 26.4 Å². The van der Waals surface area contributed by atoms with Gasteiger partial charge in [0, 0.05) is 53.6 Å². The van der Waals surface area contributed by atoms with E-state index in [2.05, 4.69) is 24.7 Å². The fourth-order valence-corrected chi connectivity index (χ4v) is 11.0. The van der Waals surface area contributed by atoms with Gasteiger partial charge in [-0.05, 0) is 90.6 Å². The Hall–Kier alpha value is -7.64. The van der Waals surface area contributed by atoms with Crippen molar-refractivity contribution in [1.29, 1.82) is 0 Å². The van der Waals surface area contributed by atoms with Gasteiger partial charge in [-0.1, -0.05) is 97.1 Å². The Morgan fingerprint density at radius 3 is 1.29 bits per heavy atom. The average molecular weight is 947 g/mol. The Morgan fingerprint density at radius 2 is 0.897 bits per heavy atom. The summed E-state index contributed by atoms with van der Waals surface area (Å²) in [6.07, 6.45) is 0. The van der Waals surface area contributed by atoms with Crippen LogP contribution in [0.25, 0.3) is 44.1 Å². The molecule has 0 aliphatic carbocycles. The van der Waals surface area contributed by atoms with E-state index in [1.165, 1.54) is 6.07 Å². The largest absolute Gasteiger partial charge is 0.368 e. The highest BCUT2D eigenvalue weighted by atomic mass is 32.2. The summed E-state index contributed by atoms with van der Waals surface area (Å²) < 4.78 is 53.2. The van der Waals surface area contributed by atoms with Crippen LogP contribution in [0.5, 0.6) is 0 Å². The van der Waals surface area contributed by atoms with Crippen LogP contribution in [0.3, 0.4) is 0 Å². The van der Waals surface area contributed by atoms with Crippen LogP contribution in [-0.2, 0) is 46.2 Å². The predicted octanol–water partition coefficient (Wildman–Crippen LogP) is 6.79. The minimum atomic E-state index is -3.94. The SMILES string of the molecule is CC(C)(C)NS(=O)(=O)c1ccccc1-c1ccc2nc(N)nc(C(=O)N3Cc4ccccc4C3)c2c1.Nc1nc(C(=O)N2Cc3ccccc3C2)c2cc(-c3ccccc3S(N)(=O)=O)ccc2n1. The van der Waals surface area contributed by atoms with Crippen molar-refractivity contribution in [2.75, 3.05) is 11.5 Å². The second-order valence-corrected chi connectivity index (χ2v) is 20.8. The standard InChI is InChI=1S/C27H27N5O3S.C23H19N5O3S/c1-27(2,3)31-36(34,35)23-11-7-6-10-20(23)17-12-13-22-21(14-17)24(30-26(28)29-22)25(33)32-15-18-8-4-5-9-19(18)16-32;24-23-26-19-10-9-14(17-7-3-4-8-20(17)32(25,30)31)11-18(19)21(27-23)22(29)28-12-15-5-1-2-6-16(15)13-28/h4-14,31H,15-16H2,1-3H3,(H2,28,29,30);1-11H,12-13H2,(H2,24,26,27)(H2,25,30,31). The van der Waals surface area contributed by atoms with Crippen LogP contribution in [0.15, 0.2) is 143 Å². The molecule has 0 atom stereocenters. The normalized spacial score (nSPS) is 13.5. The number of nitrogens with zero attached hydrogens (tertiary/aromatic N) is 6. The van der Waals surface area contributed by atoms with Crippen LogP contribution in [0, 0.1) is 0 Å². The molecular weight excluding hydrogens is 901 g/mol. The molecule has 2 aliphatic rings. The minimum Gasteiger partial charge on any atom is -0.368 e. The molecule has 0 saturated heterocycles. The molecule has 0 fully saturated rings. The van der Waals surface area contributed by atoms with Gasteiger partial charge in [-0.2, -0.15) is 0 Å². The van der Waals surface area contributed by atoms with E-state index in [0.29, 0.717) is 70.2 Å². The lowest BCUT2D eigenvalue weighted by molar-refractivity contribution is 0.0741. The molecule has 2 aliphatic heterocycles. The van der Waals surface area contributed by atoms with Crippen molar-refractivity contribution in [3.63, 3.8) is 0 Å². The fourth-order valence-electron chi connectivity index (χ4n) is 8.56. The highest BCUT2D eigenvalue weighted by Gasteiger charge is 2.30. The third kappa shape index (κ3) is 9.21. The number of hydrogen-bond donors (Lipinski definition) is 4. The lowest BCUT2D eigenvalue weighted by Gasteiger charge is -2.22. The van der Waals surface area contributed by atoms with Gasteiger partial charge in [-0.3, -0.25) is 9.59 Å². The third-order valence-corrected chi connectivity index (χ3v) is 14.3. The molecular formula is C50H46N10O6S2. The van der Waals surface area contributed by atoms with Crippen LogP contribution in [0.2, 0.25) is 0 Å². The molecule has 16 nitrogen and oxygen atoms in total. The number of fused-ring (bicyclic) bond motifs is 4. The quantitative estimate of drug-likeness (QED) is 0.129. The molecule has 344 valence electrons. The van der Waals surface area contributed by atoms with Gasteiger partial charge < -0.3 is 21.3 Å². The van der Waals surface area contributed by atoms with Crippen LogP contribution in [-0.4, -0.2) is 63.9 Å². The van der Waals surface area contributed by atoms with Gasteiger partial charge in [0.05, 0.1) is 20.8 Å². The van der Waals surface area contributed by atoms with E-state index in [-0.39, 0.29) is 44.9 Å².